The predicted molar refractivity (Wildman–Crippen MR) is 99.9 cm³/mol. The molecule has 0 radical (unpaired) electrons. The molecule has 0 aliphatic heterocycles. The molecule has 0 saturated carbocycles. The van der Waals surface area contributed by atoms with Crippen LogP contribution in [-0.2, 0) is 16.5 Å². The van der Waals surface area contributed by atoms with E-state index in [0.717, 1.165) is 24.8 Å². The molecule has 0 amide bonds. The lowest BCUT2D eigenvalue weighted by Crippen LogP contribution is -2.01. The second-order valence-electron chi connectivity index (χ2n) is 6.18. The largest absolute Gasteiger partial charge is 0.457 e. The zero-order chi connectivity index (χ0) is 18.1. The van der Waals surface area contributed by atoms with Gasteiger partial charge in [0.05, 0.1) is 4.90 Å². The van der Waals surface area contributed by atoms with Gasteiger partial charge in [-0.05, 0) is 48.7 Å². The van der Waals surface area contributed by atoms with E-state index >= 15 is 0 Å². The summed E-state index contributed by atoms with van der Waals surface area (Å²) >= 11 is 0. The van der Waals surface area contributed by atoms with E-state index in [1.165, 1.54) is 37.8 Å². The Bertz CT molecular complexity index is 755. The van der Waals surface area contributed by atoms with Crippen LogP contribution >= 0.6 is 0 Å². The highest BCUT2D eigenvalue weighted by Crippen LogP contribution is 2.29. The number of ether oxygens (including phenoxy) is 1. The Kier molecular flexibility index (Phi) is 7.47. The zero-order valence-corrected chi connectivity index (χ0v) is 15.5. The number of para-hydroxylation sites is 1. The number of unbranched alkanes of at least 4 members (excludes halogenated alkanes) is 5. The van der Waals surface area contributed by atoms with Crippen molar-refractivity contribution in [1.29, 1.82) is 0 Å². The Labute approximate surface area is 150 Å². The summed E-state index contributed by atoms with van der Waals surface area (Å²) in [6.45, 7) is 2.19. The van der Waals surface area contributed by atoms with Crippen molar-refractivity contribution in [3.05, 3.63) is 54.1 Å². The highest BCUT2D eigenvalue weighted by atomic mass is 32.2. The molecule has 0 aliphatic rings. The molecular weight excluding hydrogens is 336 g/mol. The molecular formula is C20H26O4S. The van der Waals surface area contributed by atoms with E-state index in [0.29, 0.717) is 11.5 Å². The smallest absolute Gasteiger partial charge is 0.294 e. The monoisotopic (exact) mass is 362 g/mol. The van der Waals surface area contributed by atoms with Gasteiger partial charge in [-0.15, -0.1) is 0 Å². The van der Waals surface area contributed by atoms with Gasteiger partial charge in [0.15, 0.2) is 0 Å². The fourth-order valence-electron chi connectivity index (χ4n) is 2.72. The first kappa shape index (κ1) is 19.5. The van der Waals surface area contributed by atoms with Crippen LogP contribution in [-0.4, -0.2) is 13.0 Å². The van der Waals surface area contributed by atoms with Gasteiger partial charge in [-0.3, -0.25) is 4.55 Å². The second kappa shape index (κ2) is 9.59. The molecule has 2 aromatic rings. The molecule has 5 heteroatoms. The lowest BCUT2D eigenvalue weighted by Gasteiger charge is -2.12. The summed E-state index contributed by atoms with van der Waals surface area (Å²) in [6.07, 6.45) is 7.66. The lowest BCUT2D eigenvalue weighted by molar-refractivity contribution is 0.471. The Balaban J connectivity index is 2.11. The maximum absolute atomic E-state index is 11.4. The van der Waals surface area contributed by atoms with E-state index in [2.05, 4.69) is 6.92 Å². The van der Waals surface area contributed by atoms with Gasteiger partial charge in [0.1, 0.15) is 11.5 Å². The average Bonchev–Trinajstić information content (AvgIpc) is 2.59. The number of hydrogen-bond donors (Lipinski definition) is 1. The second-order valence-corrected chi connectivity index (χ2v) is 7.60. The fraction of sp³-hybridized carbons (Fsp3) is 0.400. The SMILES string of the molecule is CCCCCCCCc1cc(S(=O)(=O)O)ccc1Oc1ccccc1. The van der Waals surface area contributed by atoms with Gasteiger partial charge < -0.3 is 4.74 Å². The Morgan fingerprint density at radius 1 is 0.920 bits per heavy atom. The van der Waals surface area contributed by atoms with Gasteiger partial charge >= 0.3 is 0 Å². The molecule has 0 heterocycles. The van der Waals surface area contributed by atoms with Crippen LogP contribution in [0.2, 0.25) is 0 Å². The quantitative estimate of drug-likeness (QED) is 0.439. The molecule has 0 aliphatic carbocycles. The maximum atomic E-state index is 11.4. The van der Waals surface area contributed by atoms with E-state index in [4.69, 9.17) is 4.74 Å². The van der Waals surface area contributed by atoms with Gasteiger partial charge in [0.2, 0.25) is 0 Å². The fourth-order valence-corrected chi connectivity index (χ4v) is 3.25. The van der Waals surface area contributed by atoms with Crippen molar-refractivity contribution in [2.45, 2.75) is 56.8 Å². The maximum Gasteiger partial charge on any atom is 0.294 e. The van der Waals surface area contributed by atoms with Crippen molar-refractivity contribution >= 4 is 10.1 Å². The van der Waals surface area contributed by atoms with Crippen LogP contribution in [0, 0.1) is 0 Å². The summed E-state index contributed by atoms with van der Waals surface area (Å²) in [5.41, 5.74) is 0.800. The third-order valence-corrected chi connectivity index (χ3v) is 4.95. The average molecular weight is 362 g/mol. The minimum atomic E-state index is -4.21. The molecule has 0 bridgehead atoms. The number of aryl methyl sites for hydroxylation is 1. The molecule has 1 N–H and O–H groups in total. The molecule has 0 aromatic heterocycles. The number of benzene rings is 2. The van der Waals surface area contributed by atoms with Crippen molar-refractivity contribution in [2.75, 3.05) is 0 Å². The number of rotatable bonds is 10. The molecule has 0 fully saturated rings. The Morgan fingerprint density at radius 2 is 1.60 bits per heavy atom. The Hall–Kier alpha value is -1.85. The van der Waals surface area contributed by atoms with Crippen molar-refractivity contribution in [1.82, 2.24) is 0 Å². The summed E-state index contributed by atoms with van der Waals surface area (Å²) in [5.74, 6) is 1.33. The zero-order valence-electron chi connectivity index (χ0n) is 14.6. The summed E-state index contributed by atoms with van der Waals surface area (Å²) < 4.78 is 38.0. The standard InChI is InChI=1S/C20H26O4S/c1-2-3-4-5-6-8-11-17-16-19(25(21,22)23)14-15-20(17)24-18-12-9-7-10-13-18/h7,9-10,12-16H,2-6,8,11H2,1H3,(H,21,22,23). The molecule has 4 nitrogen and oxygen atoms in total. The van der Waals surface area contributed by atoms with Gasteiger partial charge in [0.25, 0.3) is 10.1 Å². The minimum absolute atomic E-state index is 0.0890. The van der Waals surface area contributed by atoms with E-state index < -0.39 is 10.1 Å². The molecule has 2 rings (SSSR count). The van der Waals surface area contributed by atoms with Crippen LogP contribution in [0.15, 0.2) is 53.4 Å². The predicted octanol–water partition coefficient (Wildman–Crippen LogP) is 5.63. The van der Waals surface area contributed by atoms with Crippen LogP contribution < -0.4 is 4.74 Å². The van der Waals surface area contributed by atoms with Crippen LogP contribution in [0.1, 0.15) is 51.0 Å². The molecule has 25 heavy (non-hydrogen) atoms. The lowest BCUT2D eigenvalue weighted by atomic mass is 10.0. The highest BCUT2D eigenvalue weighted by Gasteiger charge is 2.14. The third kappa shape index (κ3) is 6.52. The van der Waals surface area contributed by atoms with Crippen LogP contribution in [0.4, 0.5) is 0 Å². The molecule has 0 saturated heterocycles. The highest BCUT2D eigenvalue weighted by molar-refractivity contribution is 7.85. The van der Waals surface area contributed by atoms with Crippen molar-refractivity contribution in [3.63, 3.8) is 0 Å². The van der Waals surface area contributed by atoms with E-state index in [1.807, 2.05) is 30.3 Å². The summed E-state index contributed by atoms with van der Waals surface area (Å²) in [4.78, 5) is -0.0890. The molecule has 0 spiro atoms. The van der Waals surface area contributed by atoms with E-state index in [9.17, 15) is 13.0 Å². The molecule has 136 valence electrons. The van der Waals surface area contributed by atoms with Crippen molar-refractivity contribution in [3.8, 4) is 11.5 Å². The van der Waals surface area contributed by atoms with Gasteiger partial charge in [-0.1, -0.05) is 57.2 Å². The normalized spacial score (nSPS) is 11.4. The van der Waals surface area contributed by atoms with Gasteiger partial charge in [-0.25, -0.2) is 0 Å². The Morgan fingerprint density at radius 3 is 2.28 bits per heavy atom. The van der Waals surface area contributed by atoms with Gasteiger partial charge in [0, 0.05) is 0 Å². The van der Waals surface area contributed by atoms with Crippen LogP contribution in [0.5, 0.6) is 11.5 Å². The minimum Gasteiger partial charge on any atom is -0.457 e. The van der Waals surface area contributed by atoms with Crippen LogP contribution in [0.25, 0.3) is 0 Å². The van der Waals surface area contributed by atoms with Crippen LogP contribution in [0.3, 0.4) is 0 Å². The topological polar surface area (TPSA) is 63.6 Å². The van der Waals surface area contributed by atoms with E-state index in [1.54, 1.807) is 6.07 Å². The first-order valence-electron chi connectivity index (χ1n) is 8.84. The molecule has 0 atom stereocenters. The summed E-state index contributed by atoms with van der Waals surface area (Å²) in [5, 5.41) is 0. The first-order chi connectivity index (χ1) is 12.0. The van der Waals surface area contributed by atoms with Crippen molar-refractivity contribution < 1.29 is 17.7 Å². The summed E-state index contributed by atoms with van der Waals surface area (Å²) in [6, 6.07) is 13.9. The van der Waals surface area contributed by atoms with Crippen molar-refractivity contribution in [2.24, 2.45) is 0 Å². The molecule has 0 unspecified atom stereocenters. The van der Waals surface area contributed by atoms with E-state index in [-0.39, 0.29) is 4.90 Å². The molecule has 2 aromatic carbocycles. The first-order valence-corrected chi connectivity index (χ1v) is 10.3. The number of hydrogen-bond acceptors (Lipinski definition) is 3. The van der Waals surface area contributed by atoms with Gasteiger partial charge in [-0.2, -0.15) is 8.42 Å². The summed E-state index contributed by atoms with van der Waals surface area (Å²) in [7, 11) is -4.21. The third-order valence-electron chi connectivity index (χ3n) is 4.10.